The molecule has 1 unspecified atom stereocenters. The SMILES string of the molecule is CCCNC(=O)CN1CCC(C(=O)O)c2ccccc21. The Morgan fingerprint density at radius 2 is 2.15 bits per heavy atom. The number of benzene rings is 1. The zero-order valence-electron chi connectivity index (χ0n) is 11.6. The number of nitrogens with zero attached hydrogens (tertiary/aromatic N) is 1. The molecule has 1 aliphatic rings. The number of rotatable bonds is 5. The molecule has 108 valence electrons. The molecule has 5 heteroatoms. The van der Waals surface area contributed by atoms with Gasteiger partial charge in [0.25, 0.3) is 0 Å². The average molecular weight is 276 g/mol. The summed E-state index contributed by atoms with van der Waals surface area (Å²) in [5, 5.41) is 12.1. The molecule has 1 amide bonds. The maximum absolute atomic E-state index is 11.8. The fraction of sp³-hybridized carbons (Fsp3) is 0.467. The number of hydrogen-bond acceptors (Lipinski definition) is 3. The van der Waals surface area contributed by atoms with Crippen molar-refractivity contribution in [1.82, 2.24) is 5.32 Å². The third-order valence-electron chi connectivity index (χ3n) is 3.55. The molecule has 2 rings (SSSR count). The van der Waals surface area contributed by atoms with Crippen molar-refractivity contribution in [2.24, 2.45) is 0 Å². The second-order valence-electron chi connectivity index (χ2n) is 5.01. The number of aliphatic carboxylic acids is 1. The lowest BCUT2D eigenvalue weighted by Crippen LogP contribution is -2.41. The van der Waals surface area contributed by atoms with Crippen LogP contribution in [0.2, 0.25) is 0 Å². The fourth-order valence-electron chi connectivity index (χ4n) is 2.55. The van der Waals surface area contributed by atoms with Crippen molar-refractivity contribution in [2.45, 2.75) is 25.7 Å². The van der Waals surface area contributed by atoms with Crippen molar-refractivity contribution in [3.63, 3.8) is 0 Å². The Labute approximate surface area is 118 Å². The molecule has 1 atom stereocenters. The van der Waals surface area contributed by atoms with Crippen LogP contribution in [0.3, 0.4) is 0 Å². The van der Waals surface area contributed by atoms with Gasteiger partial charge >= 0.3 is 5.97 Å². The van der Waals surface area contributed by atoms with Gasteiger partial charge in [-0.05, 0) is 24.5 Å². The molecule has 0 fully saturated rings. The fourth-order valence-corrected chi connectivity index (χ4v) is 2.55. The topological polar surface area (TPSA) is 69.6 Å². The van der Waals surface area contributed by atoms with E-state index in [9.17, 15) is 14.7 Å². The summed E-state index contributed by atoms with van der Waals surface area (Å²) in [6, 6.07) is 7.44. The first-order valence-corrected chi connectivity index (χ1v) is 6.97. The highest BCUT2D eigenvalue weighted by Crippen LogP contribution is 2.34. The number of carboxylic acid groups (broad SMARTS) is 1. The lowest BCUT2D eigenvalue weighted by Gasteiger charge is -2.33. The van der Waals surface area contributed by atoms with Crippen LogP contribution in [0.4, 0.5) is 5.69 Å². The second kappa shape index (κ2) is 6.41. The Bertz CT molecular complexity index is 502. The Morgan fingerprint density at radius 3 is 2.85 bits per heavy atom. The van der Waals surface area contributed by atoms with E-state index in [2.05, 4.69) is 5.32 Å². The Balaban J connectivity index is 2.15. The van der Waals surface area contributed by atoms with E-state index in [0.717, 1.165) is 17.7 Å². The molecule has 0 aliphatic carbocycles. The first kappa shape index (κ1) is 14.4. The normalized spacial score (nSPS) is 17.4. The highest BCUT2D eigenvalue weighted by molar-refractivity contribution is 5.84. The quantitative estimate of drug-likeness (QED) is 0.857. The molecule has 1 aromatic rings. The number of nitrogens with one attached hydrogen (secondary N) is 1. The lowest BCUT2D eigenvalue weighted by molar-refractivity contribution is -0.139. The van der Waals surface area contributed by atoms with Crippen molar-refractivity contribution in [1.29, 1.82) is 0 Å². The second-order valence-corrected chi connectivity index (χ2v) is 5.01. The molecule has 1 heterocycles. The molecule has 2 N–H and O–H groups in total. The Kier molecular flexibility index (Phi) is 4.61. The number of carboxylic acids is 1. The van der Waals surface area contributed by atoms with Crippen LogP contribution >= 0.6 is 0 Å². The summed E-state index contributed by atoms with van der Waals surface area (Å²) in [5.41, 5.74) is 1.66. The van der Waals surface area contributed by atoms with Crippen LogP contribution in [0.1, 0.15) is 31.2 Å². The predicted molar refractivity (Wildman–Crippen MR) is 76.9 cm³/mol. The van der Waals surface area contributed by atoms with Gasteiger partial charge in [-0.1, -0.05) is 25.1 Å². The van der Waals surface area contributed by atoms with Crippen LogP contribution in [0, 0.1) is 0 Å². The minimum absolute atomic E-state index is 0.0181. The van der Waals surface area contributed by atoms with Gasteiger partial charge in [-0.25, -0.2) is 0 Å². The monoisotopic (exact) mass is 276 g/mol. The summed E-state index contributed by atoms with van der Waals surface area (Å²) in [5.74, 6) is -1.29. The maximum Gasteiger partial charge on any atom is 0.311 e. The van der Waals surface area contributed by atoms with Gasteiger partial charge in [0.15, 0.2) is 0 Å². The first-order chi connectivity index (χ1) is 9.63. The zero-order chi connectivity index (χ0) is 14.5. The van der Waals surface area contributed by atoms with Crippen molar-refractivity contribution in [3.8, 4) is 0 Å². The minimum atomic E-state index is -0.799. The van der Waals surface area contributed by atoms with Gasteiger partial charge in [0.05, 0.1) is 12.5 Å². The third-order valence-corrected chi connectivity index (χ3v) is 3.55. The van der Waals surface area contributed by atoms with Gasteiger partial charge < -0.3 is 15.3 Å². The van der Waals surface area contributed by atoms with Crippen molar-refractivity contribution < 1.29 is 14.7 Å². The van der Waals surface area contributed by atoms with E-state index in [1.165, 1.54) is 0 Å². The van der Waals surface area contributed by atoms with Crippen LogP contribution in [-0.2, 0) is 9.59 Å². The molecule has 0 spiro atoms. The highest BCUT2D eigenvalue weighted by Gasteiger charge is 2.30. The van der Waals surface area contributed by atoms with Crippen LogP contribution < -0.4 is 10.2 Å². The summed E-state index contributed by atoms with van der Waals surface area (Å²) < 4.78 is 0. The molecule has 5 nitrogen and oxygen atoms in total. The summed E-state index contributed by atoms with van der Waals surface area (Å²) in [7, 11) is 0. The van der Waals surface area contributed by atoms with Gasteiger partial charge in [0.1, 0.15) is 0 Å². The van der Waals surface area contributed by atoms with E-state index in [1.807, 2.05) is 36.1 Å². The molecule has 20 heavy (non-hydrogen) atoms. The summed E-state index contributed by atoms with van der Waals surface area (Å²) in [6.45, 7) is 3.55. The summed E-state index contributed by atoms with van der Waals surface area (Å²) in [4.78, 5) is 25.1. The van der Waals surface area contributed by atoms with Gasteiger partial charge in [0, 0.05) is 18.8 Å². The number of anilines is 1. The number of carbonyl (C=O) groups excluding carboxylic acids is 1. The Hall–Kier alpha value is -2.04. The Morgan fingerprint density at radius 1 is 1.40 bits per heavy atom. The average Bonchev–Trinajstić information content (AvgIpc) is 2.45. The molecule has 0 saturated heterocycles. The van der Waals surface area contributed by atoms with Crippen LogP contribution in [0.15, 0.2) is 24.3 Å². The van der Waals surface area contributed by atoms with Crippen molar-refractivity contribution in [2.75, 3.05) is 24.5 Å². The van der Waals surface area contributed by atoms with Crippen LogP contribution in [-0.4, -0.2) is 36.6 Å². The van der Waals surface area contributed by atoms with E-state index in [1.54, 1.807) is 0 Å². The minimum Gasteiger partial charge on any atom is -0.481 e. The number of fused-ring (bicyclic) bond motifs is 1. The summed E-state index contributed by atoms with van der Waals surface area (Å²) >= 11 is 0. The molecular formula is C15H20N2O3. The van der Waals surface area contributed by atoms with Gasteiger partial charge in [-0.2, -0.15) is 0 Å². The van der Waals surface area contributed by atoms with Gasteiger partial charge in [-0.15, -0.1) is 0 Å². The van der Waals surface area contributed by atoms with E-state index < -0.39 is 11.9 Å². The molecule has 0 saturated carbocycles. The first-order valence-electron chi connectivity index (χ1n) is 6.97. The highest BCUT2D eigenvalue weighted by atomic mass is 16.4. The van der Waals surface area contributed by atoms with E-state index >= 15 is 0 Å². The number of carbonyl (C=O) groups is 2. The van der Waals surface area contributed by atoms with Crippen molar-refractivity contribution >= 4 is 17.6 Å². The van der Waals surface area contributed by atoms with Gasteiger partial charge in [-0.3, -0.25) is 9.59 Å². The molecular weight excluding hydrogens is 256 g/mol. The van der Waals surface area contributed by atoms with E-state index in [0.29, 0.717) is 19.5 Å². The standard InChI is InChI=1S/C15H20N2O3/c1-2-8-16-14(18)10-17-9-7-12(15(19)20)11-5-3-4-6-13(11)17/h3-6,12H,2,7-10H2,1H3,(H,16,18)(H,19,20). The van der Waals surface area contributed by atoms with E-state index in [4.69, 9.17) is 0 Å². The molecule has 0 bridgehead atoms. The molecule has 1 aliphatic heterocycles. The van der Waals surface area contributed by atoms with E-state index in [-0.39, 0.29) is 12.5 Å². The molecule has 1 aromatic carbocycles. The lowest BCUT2D eigenvalue weighted by atomic mass is 9.90. The smallest absolute Gasteiger partial charge is 0.311 e. The van der Waals surface area contributed by atoms with Gasteiger partial charge in [0.2, 0.25) is 5.91 Å². The number of amides is 1. The number of hydrogen-bond donors (Lipinski definition) is 2. The summed E-state index contributed by atoms with van der Waals surface area (Å²) in [6.07, 6.45) is 1.44. The largest absolute Gasteiger partial charge is 0.481 e. The molecule has 0 radical (unpaired) electrons. The third kappa shape index (κ3) is 3.10. The zero-order valence-corrected chi connectivity index (χ0v) is 11.6. The maximum atomic E-state index is 11.8. The van der Waals surface area contributed by atoms with Crippen LogP contribution in [0.25, 0.3) is 0 Å². The predicted octanol–water partition coefficient (Wildman–Crippen LogP) is 1.59. The number of para-hydroxylation sites is 1. The van der Waals surface area contributed by atoms with Crippen LogP contribution in [0.5, 0.6) is 0 Å². The van der Waals surface area contributed by atoms with Crippen molar-refractivity contribution in [3.05, 3.63) is 29.8 Å². The molecule has 0 aromatic heterocycles.